The van der Waals surface area contributed by atoms with Crippen LogP contribution in [-0.2, 0) is 9.59 Å². The smallest absolute Gasteiger partial charge is 0.313 e. The topological polar surface area (TPSA) is 49.4 Å². The molecule has 96 valence electrons. The molecule has 0 saturated carbocycles. The molecular formula is C12H12F2N2O2. The van der Waals surface area contributed by atoms with Crippen LogP contribution in [0.2, 0.25) is 0 Å². The van der Waals surface area contributed by atoms with Crippen LogP contribution in [0.4, 0.5) is 14.5 Å². The van der Waals surface area contributed by atoms with Crippen LogP contribution in [0.25, 0.3) is 0 Å². The van der Waals surface area contributed by atoms with E-state index < -0.39 is 23.4 Å². The van der Waals surface area contributed by atoms with Crippen LogP contribution in [0.15, 0.2) is 18.2 Å². The molecule has 6 heteroatoms. The Kier molecular flexibility index (Phi) is 3.55. The van der Waals surface area contributed by atoms with Crippen molar-refractivity contribution >= 4 is 17.5 Å². The van der Waals surface area contributed by atoms with Crippen molar-refractivity contribution in [1.82, 2.24) is 4.90 Å². The molecule has 0 bridgehead atoms. The third-order valence-electron chi connectivity index (χ3n) is 2.77. The molecule has 4 nitrogen and oxygen atoms in total. The minimum atomic E-state index is -0.905. The number of benzene rings is 1. The summed E-state index contributed by atoms with van der Waals surface area (Å²) in [6, 6.07) is 2.74. The van der Waals surface area contributed by atoms with Gasteiger partial charge in [-0.05, 0) is 25.0 Å². The molecule has 0 unspecified atom stereocenters. The van der Waals surface area contributed by atoms with Crippen LogP contribution < -0.4 is 5.32 Å². The molecule has 0 atom stereocenters. The van der Waals surface area contributed by atoms with Gasteiger partial charge >= 0.3 is 11.8 Å². The van der Waals surface area contributed by atoms with E-state index in [4.69, 9.17) is 0 Å². The monoisotopic (exact) mass is 254 g/mol. The highest BCUT2D eigenvalue weighted by Gasteiger charge is 2.24. The third-order valence-corrected chi connectivity index (χ3v) is 2.77. The van der Waals surface area contributed by atoms with Crippen LogP contribution in [-0.4, -0.2) is 29.8 Å². The molecule has 1 fully saturated rings. The highest BCUT2D eigenvalue weighted by Crippen LogP contribution is 2.15. The average Bonchev–Trinajstić information content (AvgIpc) is 2.85. The van der Waals surface area contributed by atoms with Crippen molar-refractivity contribution in [2.24, 2.45) is 0 Å². The van der Waals surface area contributed by atoms with E-state index >= 15 is 0 Å². The maximum absolute atomic E-state index is 13.3. The first-order valence-corrected chi connectivity index (χ1v) is 5.63. The first-order chi connectivity index (χ1) is 8.58. The molecule has 2 rings (SSSR count). The molecule has 2 amide bonds. The van der Waals surface area contributed by atoms with Gasteiger partial charge in [-0.25, -0.2) is 8.78 Å². The number of hydrogen-bond acceptors (Lipinski definition) is 2. The minimum Gasteiger partial charge on any atom is -0.334 e. The average molecular weight is 254 g/mol. The number of amides is 2. The lowest BCUT2D eigenvalue weighted by Gasteiger charge is -2.14. The van der Waals surface area contributed by atoms with Crippen LogP contribution in [0.1, 0.15) is 12.8 Å². The molecule has 1 aliphatic rings. The van der Waals surface area contributed by atoms with E-state index in [-0.39, 0.29) is 5.69 Å². The van der Waals surface area contributed by atoms with E-state index in [2.05, 4.69) is 5.32 Å². The fraction of sp³-hybridized carbons (Fsp3) is 0.333. The Labute approximate surface area is 103 Å². The summed E-state index contributed by atoms with van der Waals surface area (Å²) in [5.41, 5.74) is -0.200. The summed E-state index contributed by atoms with van der Waals surface area (Å²) in [4.78, 5) is 24.6. The predicted molar refractivity (Wildman–Crippen MR) is 60.8 cm³/mol. The number of likely N-dealkylation sites (tertiary alicyclic amines) is 1. The standard InChI is InChI=1S/C12H12F2N2O2/c13-8-3-4-10(9(14)7-8)15-11(17)12(18)16-5-1-2-6-16/h3-4,7H,1-2,5-6H2,(H,15,17). The molecular weight excluding hydrogens is 242 g/mol. The zero-order chi connectivity index (χ0) is 13.1. The molecule has 18 heavy (non-hydrogen) atoms. The summed E-state index contributed by atoms with van der Waals surface area (Å²) in [5.74, 6) is -3.23. The number of rotatable bonds is 1. The second-order valence-electron chi connectivity index (χ2n) is 4.08. The van der Waals surface area contributed by atoms with Crippen LogP contribution in [0, 0.1) is 11.6 Å². The number of halogens is 2. The second kappa shape index (κ2) is 5.12. The van der Waals surface area contributed by atoms with E-state index in [9.17, 15) is 18.4 Å². The largest absolute Gasteiger partial charge is 0.334 e. The lowest BCUT2D eigenvalue weighted by Crippen LogP contribution is -2.37. The lowest BCUT2D eigenvalue weighted by molar-refractivity contribution is -0.142. The second-order valence-corrected chi connectivity index (χ2v) is 4.08. The first-order valence-electron chi connectivity index (χ1n) is 5.63. The lowest BCUT2D eigenvalue weighted by atomic mass is 10.3. The summed E-state index contributed by atoms with van der Waals surface area (Å²) >= 11 is 0. The van der Waals surface area contributed by atoms with E-state index in [0.717, 1.165) is 25.0 Å². The Morgan fingerprint density at radius 1 is 1.17 bits per heavy atom. The molecule has 1 N–H and O–H groups in total. The van der Waals surface area contributed by atoms with Gasteiger partial charge in [0, 0.05) is 19.2 Å². The molecule has 0 radical (unpaired) electrons. The zero-order valence-electron chi connectivity index (χ0n) is 9.58. The van der Waals surface area contributed by atoms with Gasteiger partial charge in [-0.3, -0.25) is 9.59 Å². The number of anilines is 1. The van der Waals surface area contributed by atoms with Crippen molar-refractivity contribution in [2.45, 2.75) is 12.8 Å². The molecule has 0 aliphatic carbocycles. The van der Waals surface area contributed by atoms with Crippen molar-refractivity contribution in [3.63, 3.8) is 0 Å². The van der Waals surface area contributed by atoms with Gasteiger partial charge in [0.05, 0.1) is 5.69 Å². The normalized spacial score (nSPS) is 14.7. The molecule has 1 saturated heterocycles. The van der Waals surface area contributed by atoms with E-state index in [0.29, 0.717) is 19.2 Å². The summed E-state index contributed by atoms with van der Waals surface area (Å²) < 4.78 is 25.9. The van der Waals surface area contributed by atoms with Crippen LogP contribution in [0.5, 0.6) is 0 Å². The Hall–Kier alpha value is -1.98. The number of hydrogen-bond donors (Lipinski definition) is 1. The van der Waals surface area contributed by atoms with Gasteiger partial charge in [0.25, 0.3) is 0 Å². The maximum atomic E-state index is 13.3. The first kappa shape index (κ1) is 12.5. The zero-order valence-corrected chi connectivity index (χ0v) is 9.58. The fourth-order valence-corrected chi connectivity index (χ4v) is 1.83. The summed E-state index contributed by atoms with van der Waals surface area (Å²) in [7, 11) is 0. The number of nitrogens with zero attached hydrogens (tertiary/aromatic N) is 1. The predicted octanol–water partition coefficient (Wildman–Crippen LogP) is 1.53. The quantitative estimate of drug-likeness (QED) is 0.772. The Morgan fingerprint density at radius 2 is 1.83 bits per heavy atom. The fourth-order valence-electron chi connectivity index (χ4n) is 1.83. The molecule has 0 aromatic heterocycles. The molecule has 1 aromatic rings. The molecule has 1 aliphatic heterocycles. The molecule has 0 spiro atoms. The van der Waals surface area contributed by atoms with Crippen molar-refractivity contribution in [3.8, 4) is 0 Å². The molecule has 1 aromatic carbocycles. The third kappa shape index (κ3) is 2.64. The summed E-state index contributed by atoms with van der Waals surface area (Å²) in [6.45, 7) is 1.08. The minimum absolute atomic E-state index is 0.200. The van der Waals surface area contributed by atoms with Gasteiger partial charge in [0.2, 0.25) is 0 Å². The highest BCUT2D eigenvalue weighted by molar-refractivity contribution is 6.39. The van der Waals surface area contributed by atoms with Crippen LogP contribution >= 0.6 is 0 Å². The maximum Gasteiger partial charge on any atom is 0.313 e. The van der Waals surface area contributed by atoms with Crippen molar-refractivity contribution in [1.29, 1.82) is 0 Å². The SMILES string of the molecule is O=C(Nc1ccc(F)cc1F)C(=O)N1CCCC1. The molecule has 1 heterocycles. The van der Waals surface area contributed by atoms with Gasteiger partial charge in [-0.15, -0.1) is 0 Å². The summed E-state index contributed by atoms with van der Waals surface area (Å²) in [5, 5.41) is 2.14. The van der Waals surface area contributed by atoms with Crippen molar-refractivity contribution < 1.29 is 18.4 Å². The number of carbonyl (C=O) groups excluding carboxylic acids is 2. The highest BCUT2D eigenvalue weighted by atomic mass is 19.1. The number of nitrogens with one attached hydrogen (secondary N) is 1. The number of carbonyl (C=O) groups is 2. The van der Waals surface area contributed by atoms with Gasteiger partial charge in [0.15, 0.2) is 0 Å². The van der Waals surface area contributed by atoms with E-state index in [1.54, 1.807) is 0 Å². The van der Waals surface area contributed by atoms with Gasteiger partial charge in [0.1, 0.15) is 11.6 Å². The van der Waals surface area contributed by atoms with Crippen LogP contribution in [0.3, 0.4) is 0 Å². The van der Waals surface area contributed by atoms with E-state index in [1.807, 2.05) is 0 Å². The van der Waals surface area contributed by atoms with Crippen molar-refractivity contribution in [2.75, 3.05) is 18.4 Å². The van der Waals surface area contributed by atoms with E-state index in [1.165, 1.54) is 4.90 Å². The Morgan fingerprint density at radius 3 is 2.44 bits per heavy atom. The van der Waals surface area contributed by atoms with Crippen molar-refractivity contribution in [3.05, 3.63) is 29.8 Å². The van der Waals surface area contributed by atoms with Gasteiger partial charge < -0.3 is 10.2 Å². The van der Waals surface area contributed by atoms with Gasteiger partial charge in [-0.2, -0.15) is 0 Å². The Balaban J connectivity index is 2.04. The van der Waals surface area contributed by atoms with Gasteiger partial charge in [-0.1, -0.05) is 0 Å². The Bertz CT molecular complexity index is 485. The summed E-state index contributed by atoms with van der Waals surface area (Å²) in [6.07, 6.45) is 1.73.